The lowest BCUT2D eigenvalue weighted by atomic mass is 10.1. The van der Waals surface area contributed by atoms with Gasteiger partial charge < -0.3 is 0 Å². The standard InChI is InChI=1S/C44H80N2O6S4/c1-7-47-55(48-8-2,49-9-3)37-29-25-21-17-13-15-19-23-27-35-53-41-31-33-45-43(39-41)44-40-42(32-34-46-44)54-36-28-24-20-16-14-18-22-26-30-38-56(50-10-4,51-11-5)52-12-6/h31-34,39-40H,7-30,35-38H2,1-6H3. The van der Waals surface area contributed by atoms with E-state index in [2.05, 4.69) is 34.2 Å². The molecule has 0 atom stereocenters. The molecule has 0 saturated carbocycles. The van der Waals surface area contributed by atoms with E-state index in [0.29, 0.717) is 39.6 Å². The first-order valence-electron chi connectivity index (χ1n) is 22.1. The highest BCUT2D eigenvalue weighted by molar-refractivity contribution is 8.22. The molecule has 0 N–H and O–H groups in total. The second kappa shape index (κ2) is 34.2. The molecule has 0 fully saturated rings. The highest BCUT2D eigenvalue weighted by atomic mass is 32.3. The summed E-state index contributed by atoms with van der Waals surface area (Å²) in [6.45, 7) is 15.9. The van der Waals surface area contributed by atoms with Crippen LogP contribution in [0.4, 0.5) is 0 Å². The van der Waals surface area contributed by atoms with E-state index >= 15 is 0 Å². The fourth-order valence-corrected chi connectivity index (χ4v) is 12.8. The number of hydrogen-bond donors (Lipinski definition) is 0. The third kappa shape index (κ3) is 23.3. The molecule has 2 aromatic heterocycles. The summed E-state index contributed by atoms with van der Waals surface area (Å²) < 4.78 is 35.6. The lowest BCUT2D eigenvalue weighted by Crippen LogP contribution is -2.16. The first kappa shape index (κ1) is 51.6. The van der Waals surface area contributed by atoms with Crippen molar-refractivity contribution in [1.82, 2.24) is 9.97 Å². The summed E-state index contributed by atoms with van der Waals surface area (Å²) in [6.07, 6.45) is 26.8. The Morgan fingerprint density at radius 3 is 0.946 bits per heavy atom. The van der Waals surface area contributed by atoms with Crippen molar-refractivity contribution in [2.75, 3.05) is 62.7 Å². The molecule has 0 aromatic carbocycles. The maximum atomic E-state index is 5.93. The van der Waals surface area contributed by atoms with Crippen LogP contribution in [0.25, 0.3) is 11.4 Å². The number of thioether (sulfide) groups is 2. The molecule has 2 heterocycles. The largest absolute Gasteiger partial charge is 0.293 e. The van der Waals surface area contributed by atoms with Gasteiger partial charge in [-0.1, -0.05) is 89.9 Å². The summed E-state index contributed by atoms with van der Waals surface area (Å²) in [5.74, 6) is 4.07. The van der Waals surface area contributed by atoms with Crippen molar-refractivity contribution < 1.29 is 25.1 Å². The Bertz CT molecular complexity index is 1090. The predicted octanol–water partition coefficient (Wildman–Crippen LogP) is 14.7. The Morgan fingerprint density at radius 1 is 0.393 bits per heavy atom. The maximum absolute atomic E-state index is 5.93. The fraction of sp³-hybridized carbons (Fsp3) is 0.773. The summed E-state index contributed by atoms with van der Waals surface area (Å²) in [7, 11) is -3.65. The summed E-state index contributed by atoms with van der Waals surface area (Å²) in [6, 6.07) is 8.69. The van der Waals surface area contributed by atoms with Crippen molar-refractivity contribution in [3.05, 3.63) is 36.7 Å². The van der Waals surface area contributed by atoms with Crippen LogP contribution in [0.1, 0.15) is 157 Å². The Morgan fingerprint density at radius 2 is 0.661 bits per heavy atom. The number of nitrogens with zero attached hydrogens (tertiary/aromatic N) is 2. The first-order valence-corrected chi connectivity index (χ1v) is 27.3. The molecular formula is C44H80N2O6S4. The van der Waals surface area contributed by atoms with E-state index in [1.807, 2.05) is 77.5 Å². The number of pyridine rings is 2. The molecule has 0 aliphatic rings. The van der Waals surface area contributed by atoms with E-state index in [1.54, 1.807) is 0 Å². The monoisotopic (exact) mass is 860 g/mol. The van der Waals surface area contributed by atoms with Crippen LogP contribution >= 0.6 is 45.3 Å². The zero-order valence-electron chi connectivity index (χ0n) is 36.2. The molecule has 0 bridgehead atoms. The van der Waals surface area contributed by atoms with E-state index in [1.165, 1.54) is 113 Å². The number of aromatic nitrogens is 2. The third-order valence-electron chi connectivity index (χ3n) is 9.12. The number of rotatable bonds is 39. The van der Waals surface area contributed by atoms with Crippen molar-refractivity contribution in [2.24, 2.45) is 0 Å². The molecular weight excluding hydrogens is 781 g/mol. The second-order valence-corrected chi connectivity index (χ2v) is 20.6. The van der Waals surface area contributed by atoms with E-state index < -0.39 is 21.7 Å². The number of unbranched alkanes of at least 4 members (excludes halogenated alkanes) is 16. The molecule has 0 radical (unpaired) electrons. The smallest absolute Gasteiger partial charge is 0.0897 e. The maximum Gasteiger partial charge on any atom is 0.0897 e. The average molecular weight is 861 g/mol. The van der Waals surface area contributed by atoms with Gasteiger partial charge in [-0.05, 0) is 103 Å². The van der Waals surface area contributed by atoms with Crippen LogP contribution in [-0.2, 0) is 25.1 Å². The van der Waals surface area contributed by atoms with E-state index in [0.717, 1.165) is 47.2 Å². The van der Waals surface area contributed by atoms with E-state index in [-0.39, 0.29) is 0 Å². The SMILES string of the molecule is CCOS(CCCCCCCCCCCSc1ccnc(-c2cc(SCCCCCCCCCCCS(OCC)(OCC)OCC)ccn2)c1)(OCC)OCC. The Hall–Kier alpha value is -0.540. The zero-order chi connectivity index (χ0) is 40.4. The summed E-state index contributed by atoms with van der Waals surface area (Å²) in [5.41, 5.74) is 1.94. The van der Waals surface area contributed by atoms with Gasteiger partial charge in [0.25, 0.3) is 0 Å². The molecule has 12 heteroatoms. The van der Waals surface area contributed by atoms with Crippen molar-refractivity contribution in [3.8, 4) is 11.4 Å². The zero-order valence-corrected chi connectivity index (χ0v) is 39.5. The molecule has 8 nitrogen and oxygen atoms in total. The lowest BCUT2D eigenvalue weighted by Gasteiger charge is -2.36. The van der Waals surface area contributed by atoms with Gasteiger partial charge in [-0.2, -0.15) is 0 Å². The molecule has 0 spiro atoms. The molecule has 0 amide bonds. The molecule has 0 aliphatic heterocycles. The van der Waals surface area contributed by atoms with Crippen LogP contribution in [0.2, 0.25) is 0 Å². The van der Waals surface area contributed by atoms with Gasteiger partial charge in [0.2, 0.25) is 0 Å². The van der Waals surface area contributed by atoms with Gasteiger partial charge in [-0.15, -0.1) is 23.5 Å². The van der Waals surface area contributed by atoms with Gasteiger partial charge in [0.1, 0.15) is 0 Å². The minimum absolute atomic E-state index is 0.636. The van der Waals surface area contributed by atoms with Crippen LogP contribution in [0, 0.1) is 0 Å². The van der Waals surface area contributed by atoms with Crippen LogP contribution in [0.15, 0.2) is 46.5 Å². The molecule has 326 valence electrons. The Balaban J connectivity index is 1.53. The summed E-state index contributed by atoms with van der Waals surface area (Å²) in [5, 5.41) is 0. The molecule has 2 rings (SSSR count). The predicted molar refractivity (Wildman–Crippen MR) is 247 cm³/mol. The second-order valence-electron chi connectivity index (χ2n) is 13.8. The van der Waals surface area contributed by atoms with Gasteiger partial charge in [-0.25, -0.2) is 0 Å². The third-order valence-corrected chi connectivity index (χ3v) is 16.4. The van der Waals surface area contributed by atoms with Gasteiger partial charge in [0.05, 0.1) is 72.8 Å². The van der Waals surface area contributed by atoms with Crippen LogP contribution in [0.3, 0.4) is 0 Å². The van der Waals surface area contributed by atoms with Gasteiger partial charge >= 0.3 is 0 Å². The van der Waals surface area contributed by atoms with Crippen molar-refractivity contribution in [3.63, 3.8) is 0 Å². The molecule has 0 aliphatic carbocycles. The van der Waals surface area contributed by atoms with E-state index in [9.17, 15) is 0 Å². The quantitative estimate of drug-likeness (QED) is 0.0479. The molecule has 0 saturated heterocycles. The fourth-order valence-electron chi connectivity index (χ4n) is 6.53. The number of hydrogen-bond acceptors (Lipinski definition) is 10. The van der Waals surface area contributed by atoms with Gasteiger partial charge in [0, 0.05) is 33.7 Å². The minimum atomic E-state index is -1.82. The minimum Gasteiger partial charge on any atom is -0.293 e. The average Bonchev–Trinajstić information content (AvgIpc) is 3.19. The molecule has 0 unspecified atom stereocenters. The van der Waals surface area contributed by atoms with Crippen LogP contribution < -0.4 is 0 Å². The topological polar surface area (TPSA) is 81.2 Å². The first-order chi connectivity index (χ1) is 27.5. The van der Waals surface area contributed by atoms with Crippen molar-refractivity contribution in [2.45, 2.75) is 167 Å². The molecule has 56 heavy (non-hydrogen) atoms. The Labute approximate surface area is 356 Å². The van der Waals surface area contributed by atoms with Crippen LogP contribution in [-0.4, -0.2) is 72.6 Å². The highest BCUT2D eigenvalue weighted by Crippen LogP contribution is 2.53. The van der Waals surface area contributed by atoms with Crippen LogP contribution in [0.5, 0.6) is 0 Å². The van der Waals surface area contributed by atoms with Crippen molar-refractivity contribution >= 4 is 45.3 Å². The highest BCUT2D eigenvalue weighted by Gasteiger charge is 2.26. The van der Waals surface area contributed by atoms with Crippen molar-refractivity contribution in [1.29, 1.82) is 0 Å². The summed E-state index contributed by atoms with van der Waals surface area (Å²) in [4.78, 5) is 11.9. The van der Waals surface area contributed by atoms with Gasteiger partial charge in [0.15, 0.2) is 0 Å². The molecule has 2 aromatic rings. The summed E-state index contributed by atoms with van der Waals surface area (Å²) >= 11 is 3.89. The van der Waals surface area contributed by atoms with E-state index in [4.69, 9.17) is 25.1 Å². The Kier molecular flexibility index (Phi) is 31.5. The van der Waals surface area contributed by atoms with Gasteiger partial charge in [-0.3, -0.25) is 35.1 Å². The lowest BCUT2D eigenvalue weighted by molar-refractivity contribution is 0.184. The normalized spacial score (nSPS) is 12.8.